The Hall–Kier alpha value is -4.43. The molecule has 0 atom stereocenters. The molecule has 178 valence electrons. The van der Waals surface area contributed by atoms with Gasteiger partial charge in [-0.1, -0.05) is 0 Å². The van der Waals surface area contributed by atoms with Crippen molar-refractivity contribution in [3.63, 3.8) is 0 Å². The molecule has 3 rings (SSSR count). The second-order valence-corrected chi connectivity index (χ2v) is 6.57. The van der Waals surface area contributed by atoms with Gasteiger partial charge in [-0.15, -0.1) is 0 Å². The molecule has 0 aliphatic rings. The largest absolute Gasteiger partial charge is 0.434 e. The summed E-state index contributed by atoms with van der Waals surface area (Å²) in [6, 6.07) is 6.75. The molecule has 15 heteroatoms. The summed E-state index contributed by atoms with van der Waals surface area (Å²) in [5.41, 5.74) is -0.907. The zero-order valence-electron chi connectivity index (χ0n) is 16.4. The number of amides is 2. The van der Waals surface area contributed by atoms with Crippen molar-refractivity contribution in [2.75, 3.05) is 0 Å². The first-order valence-electron chi connectivity index (χ1n) is 8.97. The third-order valence-corrected chi connectivity index (χ3v) is 4.35. The number of carbonyl (C=O) groups is 2. The quantitative estimate of drug-likeness (QED) is 0.329. The molecule has 1 heterocycles. The van der Waals surface area contributed by atoms with Gasteiger partial charge < -0.3 is 0 Å². The number of halogens is 6. The number of carbonyl (C=O) groups excluding carboxylic acids is 2. The van der Waals surface area contributed by atoms with E-state index in [9.17, 15) is 46.0 Å². The van der Waals surface area contributed by atoms with Crippen LogP contribution in [0, 0.1) is 10.1 Å². The Labute approximate surface area is 185 Å². The fourth-order valence-electron chi connectivity index (χ4n) is 2.76. The maximum absolute atomic E-state index is 13.7. The zero-order valence-corrected chi connectivity index (χ0v) is 16.4. The van der Waals surface area contributed by atoms with Gasteiger partial charge in [0.2, 0.25) is 0 Å². The van der Waals surface area contributed by atoms with Gasteiger partial charge in [0.05, 0.1) is 27.9 Å². The highest BCUT2D eigenvalue weighted by molar-refractivity contribution is 5.99. The fraction of sp³-hybridized carbons (Fsp3) is 0.105. The van der Waals surface area contributed by atoms with Gasteiger partial charge in [-0.05, 0) is 36.4 Å². The number of non-ortho nitro benzene ring substituents is 1. The second-order valence-electron chi connectivity index (χ2n) is 6.57. The number of nitro benzene ring substituents is 1. The highest BCUT2D eigenvalue weighted by atomic mass is 19.4. The molecule has 1 aromatic heterocycles. The Kier molecular flexibility index (Phi) is 6.29. The monoisotopic (exact) mass is 487 g/mol. The molecule has 2 amide bonds. The summed E-state index contributed by atoms with van der Waals surface area (Å²) in [6.45, 7) is 0. The van der Waals surface area contributed by atoms with E-state index in [0.29, 0.717) is 23.0 Å². The summed E-state index contributed by atoms with van der Waals surface area (Å²) in [5, 5.41) is 14.2. The summed E-state index contributed by atoms with van der Waals surface area (Å²) < 4.78 is 79.1. The number of rotatable bonds is 4. The van der Waals surface area contributed by atoms with Crippen molar-refractivity contribution in [2.45, 2.75) is 12.4 Å². The van der Waals surface area contributed by atoms with Crippen LogP contribution in [-0.2, 0) is 12.4 Å². The molecule has 0 spiro atoms. The van der Waals surface area contributed by atoms with Crippen LogP contribution in [0.5, 0.6) is 0 Å². The van der Waals surface area contributed by atoms with Crippen molar-refractivity contribution in [3.05, 3.63) is 87.2 Å². The molecule has 34 heavy (non-hydrogen) atoms. The number of hydrogen-bond donors (Lipinski definition) is 2. The van der Waals surface area contributed by atoms with Gasteiger partial charge in [-0.2, -0.15) is 31.4 Å². The van der Waals surface area contributed by atoms with E-state index in [0.717, 1.165) is 36.4 Å². The number of nitro groups is 1. The maximum atomic E-state index is 13.7. The van der Waals surface area contributed by atoms with Crippen molar-refractivity contribution in [1.29, 1.82) is 0 Å². The van der Waals surface area contributed by atoms with E-state index in [2.05, 4.69) is 5.10 Å². The van der Waals surface area contributed by atoms with Crippen LogP contribution in [0.3, 0.4) is 0 Å². The highest BCUT2D eigenvalue weighted by Crippen LogP contribution is 2.34. The van der Waals surface area contributed by atoms with Crippen LogP contribution in [0.15, 0.2) is 54.7 Å². The van der Waals surface area contributed by atoms with Crippen LogP contribution < -0.4 is 10.9 Å². The normalized spacial score (nSPS) is 11.7. The average molecular weight is 487 g/mol. The lowest BCUT2D eigenvalue weighted by Crippen LogP contribution is -2.42. The van der Waals surface area contributed by atoms with Crippen molar-refractivity contribution in [2.24, 2.45) is 0 Å². The van der Waals surface area contributed by atoms with E-state index >= 15 is 0 Å². The van der Waals surface area contributed by atoms with Crippen LogP contribution in [0.1, 0.15) is 32.0 Å². The molecular formula is C19H11F6N5O4. The van der Waals surface area contributed by atoms with E-state index < -0.39 is 45.9 Å². The van der Waals surface area contributed by atoms with E-state index in [1.807, 2.05) is 0 Å². The molecule has 0 unspecified atom stereocenters. The van der Waals surface area contributed by atoms with Crippen molar-refractivity contribution in [1.82, 2.24) is 20.6 Å². The van der Waals surface area contributed by atoms with Crippen LogP contribution in [-0.4, -0.2) is 26.5 Å². The summed E-state index contributed by atoms with van der Waals surface area (Å²) in [4.78, 5) is 34.3. The van der Waals surface area contributed by atoms with Gasteiger partial charge in [-0.25, -0.2) is 4.68 Å². The summed E-state index contributed by atoms with van der Waals surface area (Å²) in [5.74, 6) is -2.50. The fourth-order valence-corrected chi connectivity index (χ4v) is 2.76. The predicted octanol–water partition coefficient (Wildman–Crippen LogP) is 3.89. The van der Waals surface area contributed by atoms with E-state index in [4.69, 9.17) is 0 Å². The zero-order chi connectivity index (χ0) is 25.3. The van der Waals surface area contributed by atoms with Crippen LogP contribution >= 0.6 is 0 Å². The second kappa shape index (κ2) is 8.84. The number of nitrogens with one attached hydrogen (secondary N) is 2. The Morgan fingerprint density at radius 2 is 1.41 bits per heavy atom. The van der Waals surface area contributed by atoms with E-state index in [1.54, 1.807) is 10.9 Å². The van der Waals surface area contributed by atoms with Crippen molar-refractivity contribution in [3.8, 4) is 5.69 Å². The third-order valence-electron chi connectivity index (χ3n) is 4.35. The molecular weight excluding hydrogens is 476 g/mol. The Morgan fingerprint density at radius 1 is 0.853 bits per heavy atom. The van der Waals surface area contributed by atoms with E-state index in [1.165, 1.54) is 0 Å². The number of aromatic nitrogens is 2. The van der Waals surface area contributed by atoms with Crippen molar-refractivity contribution < 1.29 is 40.9 Å². The lowest BCUT2D eigenvalue weighted by molar-refractivity contribution is -0.384. The summed E-state index contributed by atoms with van der Waals surface area (Å²) in [7, 11) is 0. The molecule has 3 aromatic rings. The average Bonchev–Trinajstić information content (AvgIpc) is 3.23. The van der Waals surface area contributed by atoms with Gasteiger partial charge in [0.25, 0.3) is 17.5 Å². The molecule has 9 nitrogen and oxygen atoms in total. The number of hydrazine groups is 1. The molecule has 0 saturated heterocycles. The maximum Gasteiger partial charge on any atom is 0.434 e. The van der Waals surface area contributed by atoms with Gasteiger partial charge in [-0.3, -0.25) is 30.6 Å². The number of nitrogens with zero attached hydrogens (tertiary/aromatic N) is 3. The topological polar surface area (TPSA) is 119 Å². The number of hydrogen-bond acceptors (Lipinski definition) is 5. The van der Waals surface area contributed by atoms with Gasteiger partial charge >= 0.3 is 12.4 Å². The smallest absolute Gasteiger partial charge is 0.267 e. The highest BCUT2D eigenvalue weighted by Gasteiger charge is 2.40. The summed E-state index contributed by atoms with van der Waals surface area (Å²) in [6.07, 6.45) is -9.16. The molecule has 2 aromatic carbocycles. The molecule has 0 bridgehead atoms. The molecule has 0 saturated carbocycles. The van der Waals surface area contributed by atoms with Gasteiger partial charge in [0.1, 0.15) is 0 Å². The minimum absolute atomic E-state index is 0.231. The lowest BCUT2D eigenvalue weighted by atomic mass is 10.1. The molecule has 0 aliphatic heterocycles. The van der Waals surface area contributed by atoms with E-state index in [-0.39, 0.29) is 16.9 Å². The van der Waals surface area contributed by atoms with Gasteiger partial charge in [0.15, 0.2) is 5.69 Å². The first-order chi connectivity index (χ1) is 15.8. The SMILES string of the molecule is O=C(NNC(=O)c1cnn(-c2ccc([N+](=O)[O-])cc2)c1C(F)(F)F)c1ccc(C(F)(F)F)cc1. The van der Waals surface area contributed by atoms with Gasteiger partial charge in [0, 0.05) is 17.7 Å². The molecule has 0 aliphatic carbocycles. The number of alkyl halides is 6. The predicted molar refractivity (Wildman–Crippen MR) is 102 cm³/mol. The Bertz CT molecular complexity index is 1230. The summed E-state index contributed by atoms with van der Waals surface area (Å²) >= 11 is 0. The third kappa shape index (κ3) is 5.13. The minimum Gasteiger partial charge on any atom is -0.267 e. The molecule has 0 fully saturated rings. The number of benzene rings is 2. The first-order valence-corrected chi connectivity index (χ1v) is 8.97. The van der Waals surface area contributed by atoms with Crippen molar-refractivity contribution >= 4 is 17.5 Å². The van der Waals surface area contributed by atoms with Crippen LogP contribution in [0.4, 0.5) is 32.0 Å². The standard InChI is InChI=1S/C19H11F6N5O4/c20-18(21,22)11-3-1-10(2-4-11)16(31)27-28-17(32)14-9-26-29(15(14)19(23,24)25)12-5-7-13(8-6-12)30(33)34/h1-9H,(H,27,31)(H,28,32). The molecule has 2 N–H and O–H groups in total. The van der Waals surface area contributed by atoms with Crippen LogP contribution in [0.2, 0.25) is 0 Å². The van der Waals surface area contributed by atoms with Crippen LogP contribution in [0.25, 0.3) is 5.69 Å². The lowest BCUT2D eigenvalue weighted by Gasteiger charge is -2.13. The Morgan fingerprint density at radius 3 is 1.91 bits per heavy atom. The Balaban J connectivity index is 1.81. The molecule has 0 radical (unpaired) electrons. The minimum atomic E-state index is -5.09. The first kappa shape index (κ1) is 24.2.